The van der Waals surface area contributed by atoms with Crippen molar-refractivity contribution in [2.45, 2.75) is 5.60 Å². The van der Waals surface area contributed by atoms with Gasteiger partial charge < -0.3 is 10.1 Å². The minimum absolute atomic E-state index is 0.346. The smallest absolute Gasteiger partial charge is 0.266 e. The van der Waals surface area contributed by atoms with Gasteiger partial charge in [0.2, 0.25) is 0 Å². The number of carbonyl (C=O) groups excluding carboxylic acids is 1. The van der Waals surface area contributed by atoms with Crippen molar-refractivity contribution in [3.8, 4) is 0 Å². The van der Waals surface area contributed by atoms with E-state index in [2.05, 4.69) is 5.32 Å². The third kappa shape index (κ3) is 3.47. The number of anilines is 1. The monoisotopic (exact) mass is 385 g/mol. The van der Waals surface area contributed by atoms with Gasteiger partial charge in [-0.15, -0.1) is 0 Å². The highest BCUT2D eigenvalue weighted by Crippen LogP contribution is 2.35. The Morgan fingerprint density at radius 2 is 1.42 bits per heavy atom. The zero-order valence-corrected chi connectivity index (χ0v) is 15.6. The van der Waals surface area contributed by atoms with Crippen LogP contribution in [0.5, 0.6) is 0 Å². The Balaban J connectivity index is 2.10. The highest BCUT2D eigenvalue weighted by atomic mass is 35.5. The molecule has 26 heavy (non-hydrogen) atoms. The first-order valence-corrected chi connectivity index (χ1v) is 8.76. The molecule has 3 rings (SSSR count). The number of hydrogen-bond acceptors (Lipinski definition) is 2. The predicted octanol–water partition coefficient (Wildman–Crippen LogP) is 5.52. The van der Waals surface area contributed by atoms with Crippen LogP contribution in [0.2, 0.25) is 10.0 Å². The summed E-state index contributed by atoms with van der Waals surface area (Å²) in [6.45, 7) is 0. The Labute approximate surface area is 162 Å². The fourth-order valence-electron chi connectivity index (χ4n) is 2.90. The number of carbonyl (C=O) groups is 1. The molecule has 5 heteroatoms. The molecule has 3 nitrogen and oxygen atoms in total. The van der Waals surface area contributed by atoms with E-state index in [1.54, 1.807) is 18.2 Å². The van der Waals surface area contributed by atoms with Crippen LogP contribution >= 0.6 is 23.2 Å². The maximum absolute atomic E-state index is 13.4. The Kier molecular flexibility index (Phi) is 5.62. The summed E-state index contributed by atoms with van der Waals surface area (Å²) in [4.78, 5) is 13.4. The van der Waals surface area contributed by atoms with Gasteiger partial charge in [-0.1, -0.05) is 83.9 Å². The van der Waals surface area contributed by atoms with E-state index in [-0.39, 0.29) is 5.91 Å². The Hall–Kier alpha value is -2.33. The molecule has 0 radical (unpaired) electrons. The first-order valence-electron chi connectivity index (χ1n) is 8.00. The van der Waals surface area contributed by atoms with E-state index in [1.165, 1.54) is 7.11 Å². The van der Waals surface area contributed by atoms with E-state index in [1.807, 2.05) is 60.7 Å². The molecule has 0 saturated carbocycles. The number of amides is 1. The molecule has 0 aliphatic rings. The van der Waals surface area contributed by atoms with Crippen molar-refractivity contribution in [2.24, 2.45) is 0 Å². The van der Waals surface area contributed by atoms with Gasteiger partial charge in [-0.2, -0.15) is 0 Å². The molecule has 3 aromatic carbocycles. The van der Waals surface area contributed by atoms with E-state index in [0.717, 1.165) is 11.1 Å². The van der Waals surface area contributed by atoms with Gasteiger partial charge in [-0.05, 0) is 29.3 Å². The van der Waals surface area contributed by atoms with Crippen LogP contribution in [0.25, 0.3) is 0 Å². The van der Waals surface area contributed by atoms with Gasteiger partial charge in [-0.25, -0.2) is 0 Å². The highest BCUT2D eigenvalue weighted by molar-refractivity contribution is 6.36. The van der Waals surface area contributed by atoms with E-state index < -0.39 is 5.60 Å². The molecule has 3 aromatic rings. The van der Waals surface area contributed by atoms with Crippen molar-refractivity contribution < 1.29 is 9.53 Å². The van der Waals surface area contributed by atoms with E-state index >= 15 is 0 Å². The van der Waals surface area contributed by atoms with Crippen molar-refractivity contribution >= 4 is 34.8 Å². The second kappa shape index (κ2) is 7.92. The van der Waals surface area contributed by atoms with Gasteiger partial charge in [0.25, 0.3) is 5.91 Å². The lowest BCUT2D eigenvalue weighted by Crippen LogP contribution is -2.43. The van der Waals surface area contributed by atoms with Gasteiger partial charge in [0, 0.05) is 12.1 Å². The second-order valence-corrected chi connectivity index (χ2v) is 6.54. The molecule has 1 N–H and O–H groups in total. The van der Waals surface area contributed by atoms with E-state index in [0.29, 0.717) is 15.7 Å². The van der Waals surface area contributed by atoms with E-state index in [9.17, 15) is 4.79 Å². The molecule has 0 atom stereocenters. The zero-order chi connectivity index (χ0) is 18.6. The van der Waals surface area contributed by atoms with Crippen LogP contribution in [0.4, 0.5) is 5.69 Å². The molecule has 0 aromatic heterocycles. The average Bonchev–Trinajstić information content (AvgIpc) is 2.67. The van der Waals surface area contributed by atoms with Crippen LogP contribution in [0.15, 0.2) is 78.9 Å². The quantitative estimate of drug-likeness (QED) is 0.627. The number of hydrogen-bond donors (Lipinski definition) is 1. The molecule has 0 aliphatic carbocycles. The number of ether oxygens (including phenoxy) is 1. The molecule has 0 unspecified atom stereocenters. The van der Waals surface area contributed by atoms with Crippen molar-refractivity contribution in [1.82, 2.24) is 0 Å². The lowest BCUT2D eigenvalue weighted by molar-refractivity contribution is -0.134. The summed E-state index contributed by atoms with van der Waals surface area (Å²) in [6.07, 6.45) is 0. The van der Waals surface area contributed by atoms with Crippen LogP contribution in [0.1, 0.15) is 11.1 Å². The first-order chi connectivity index (χ1) is 12.6. The molecule has 0 fully saturated rings. The lowest BCUT2D eigenvalue weighted by atomic mass is 9.85. The topological polar surface area (TPSA) is 38.3 Å². The number of benzene rings is 3. The molecule has 0 heterocycles. The summed E-state index contributed by atoms with van der Waals surface area (Å²) in [5, 5.41) is 3.73. The van der Waals surface area contributed by atoms with Crippen molar-refractivity contribution in [1.29, 1.82) is 0 Å². The fraction of sp³-hybridized carbons (Fsp3) is 0.0952. The fourth-order valence-corrected chi connectivity index (χ4v) is 3.36. The standard InChI is InChI=1S/C21H17Cl2NO2/c1-26-21(15-8-4-2-5-9-15,16-10-6-3-7-11-16)20(25)24-19-13-12-17(22)14-18(19)23/h2-14H,1H3,(H,24,25). The van der Waals surface area contributed by atoms with Crippen LogP contribution in [-0.4, -0.2) is 13.0 Å². The van der Waals surface area contributed by atoms with Gasteiger partial charge in [-0.3, -0.25) is 4.79 Å². The van der Waals surface area contributed by atoms with Crippen LogP contribution in [0, 0.1) is 0 Å². The molecular formula is C21H17Cl2NO2. The maximum atomic E-state index is 13.4. The minimum Gasteiger partial charge on any atom is -0.359 e. The molecule has 0 saturated heterocycles. The third-order valence-corrected chi connectivity index (χ3v) is 4.71. The van der Waals surface area contributed by atoms with Gasteiger partial charge in [0.1, 0.15) is 0 Å². The number of rotatable bonds is 5. The Morgan fingerprint density at radius 3 is 1.88 bits per heavy atom. The Bertz CT molecular complexity index is 859. The summed E-state index contributed by atoms with van der Waals surface area (Å²) < 4.78 is 5.83. The summed E-state index contributed by atoms with van der Waals surface area (Å²) in [6, 6.07) is 23.6. The number of halogens is 2. The van der Waals surface area contributed by atoms with Crippen LogP contribution in [0.3, 0.4) is 0 Å². The van der Waals surface area contributed by atoms with Gasteiger partial charge in [0.05, 0.1) is 10.7 Å². The van der Waals surface area contributed by atoms with Gasteiger partial charge >= 0.3 is 0 Å². The summed E-state index contributed by atoms with van der Waals surface area (Å²) >= 11 is 12.2. The molecule has 0 aliphatic heterocycles. The minimum atomic E-state index is -1.31. The number of nitrogens with one attached hydrogen (secondary N) is 1. The molecule has 132 valence electrons. The maximum Gasteiger partial charge on any atom is 0.266 e. The summed E-state index contributed by atoms with van der Waals surface area (Å²) in [5.41, 5.74) is 0.591. The van der Waals surface area contributed by atoms with Gasteiger partial charge in [0.15, 0.2) is 5.60 Å². The zero-order valence-electron chi connectivity index (χ0n) is 14.1. The number of methoxy groups -OCH3 is 1. The first kappa shape index (κ1) is 18.5. The van der Waals surface area contributed by atoms with Crippen molar-refractivity contribution in [3.63, 3.8) is 0 Å². The molecule has 0 spiro atoms. The third-order valence-electron chi connectivity index (χ3n) is 4.17. The van der Waals surface area contributed by atoms with E-state index in [4.69, 9.17) is 27.9 Å². The second-order valence-electron chi connectivity index (χ2n) is 5.70. The Morgan fingerprint density at radius 1 is 0.885 bits per heavy atom. The lowest BCUT2D eigenvalue weighted by Gasteiger charge is -2.32. The predicted molar refractivity (Wildman–Crippen MR) is 106 cm³/mol. The molecule has 0 bridgehead atoms. The van der Waals surface area contributed by atoms with Crippen LogP contribution in [-0.2, 0) is 15.1 Å². The molecular weight excluding hydrogens is 369 g/mol. The largest absolute Gasteiger partial charge is 0.359 e. The average molecular weight is 386 g/mol. The van der Waals surface area contributed by atoms with Crippen molar-refractivity contribution in [3.05, 3.63) is 100 Å². The summed E-state index contributed by atoms with van der Waals surface area (Å²) in [7, 11) is 1.52. The normalized spacial score (nSPS) is 11.2. The summed E-state index contributed by atoms with van der Waals surface area (Å²) in [5.74, 6) is -0.346. The van der Waals surface area contributed by atoms with Crippen molar-refractivity contribution in [2.75, 3.05) is 12.4 Å². The highest BCUT2D eigenvalue weighted by Gasteiger charge is 2.42. The molecule has 1 amide bonds. The SMILES string of the molecule is COC(C(=O)Nc1ccc(Cl)cc1Cl)(c1ccccc1)c1ccccc1. The van der Waals surface area contributed by atoms with Crippen LogP contribution < -0.4 is 5.32 Å².